The molecule has 1 aromatic carbocycles. The van der Waals surface area contributed by atoms with Gasteiger partial charge in [0.05, 0.1) is 17.1 Å². The number of aromatic nitrogens is 1. The first-order valence-corrected chi connectivity index (χ1v) is 9.52. The van der Waals surface area contributed by atoms with Crippen molar-refractivity contribution in [3.8, 4) is 16.5 Å². The van der Waals surface area contributed by atoms with E-state index in [9.17, 15) is 13.2 Å². The lowest BCUT2D eigenvalue weighted by molar-refractivity contribution is -0.153. The van der Waals surface area contributed by atoms with Crippen LogP contribution in [0.5, 0.6) is 5.75 Å². The lowest BCUT2D eigenvalue weighted by Gasteiger charge is -2.12. The molecule has 0 fully saturated rings. The molecule has 2 N–H and O–H groups in total. The number of hydrogen-bond acceptors (Lipinski definition) is 5. The maximum Gasteiger partial charge on any atom is 0.422 e. The van der Waals surface area contributed by atoms with Crippen LogP contribution in [0.15, 0.2) is 57.5 Å². The van der Waals surface area contributed by atoms with E-state index >= 15 is 0 Å². The third kappa shape index (κ3) is 7.52. The molecule has 0 unspecified atom stereocenters. The molecular formula is C19H20F3IN4O2S. The number of nitrogens with zero attached hydrogens (tertiary/aromatic N) is 2. The summed E-state index contributed by atoms with van der Waals surface area (Å²) in [6.07, 6.45) is -2.76. The van der Waals surface area contributed by atoms with Gasteiger partial charge in [0.1, 0.15) is 12.0 Å². The molecule has 0 spiro atoms. The average molecular weight is 552 g/mol. The number of guanidine groups is 1. The normalized spacial score (nSPS) is 11.7. The maximum atomic E-state index is 12.2. The first kappa shape index (κ1) is 24.0. The van der Waals surface area contributed by atoms with E-state index in [4.69, 9.17) is 9.15 Å². The highest BCUT2D eigenvalue weighted by Gasteiger charge is 2.28. The van der Waals surface area contributed by atoms with Gasteiger partial charge < -0.3 is 19.8 Å². The Bertz CT molecular complexity index is 928. The van der Waals surface area contributed by atoms with Crippen molar-refractivity contribution >= 4 is 41.3 Å². The van der Waals surface area contributed by atoms with Crippen molar-refractivity contribution in [2.24, 2.45) is 4.99 Å². The number of rotatable bonds is 7. The molecule has 0 aliphatic heterocycles. The highest BCUT2D eigenvalue weighted by atomic mass is 127. The molecular weight excluding hydrogens is 532 g/mol. The van der Waals surface area contributed by atoms with E-state index in [0.717, 1.165) is 16.1 Å². The van der Waals surface area contributed by atoms with Crippen LogP contribution in [0.4, 0.5) is 13.2 Å². The molecule has 0 bridgehead atoms. The minimum Gasteiger partial charge on any atom is -0.484 e. The first-order valence-electron chi connectivity index (χ1n) is 8.64. The number of nitrogens with one attached hydrogen (secondary N) is 2. The van der Waals surface area contributed by atoms with E-state index in [-0.39, 0.29) is 29.7 Å². The van der Waals surface area contributed by atoms with Gasteiger partial charge in [-0.2, -0.15) is 13.2 Å². The molecule has 11 heteroatoms. The molecule has 3 rings (SSSR count). The molecule has 0 radical (unpaired) electrons. The molecule has 0 saturated carbocycles. The lowest BCUT2D eigenvalue weighted by Crippen LogP contribution is -2.36. The second-order valence-corrected chi connectivity index (χ2v) is 6.90. The van der Waals surface area contributed by atoms with Gasteiger partial charge in [0.15, 0.2) is 12.6 Å². The summed E-state index contributed by atoms with van der Waals surface area (Å²) in [5.74, 6) is 1.30. The molecule has 30 heavy (non-hydrogen) atoms. The van der Waals surface area contributed by atoms with E-state index < -0.39 is 12.8 Å². The van der Waals surface area contributed by atoms with Crippen LogP contribution in [0.25, 0.3) is 10.8 Å². The number of oxazole rings is 1. The highest BCUT2D eigenvalue weighted by molar-refractivity contribution is 14.0. The number of hydrogen-bond donors (Lipinski definition) is 2. The molecule has 162 valence electrons. The second-order valence-electron chi connectivity index (χ2n) is 5.95. The van der Waals surface area contributed by atoms with Gasteiger partial charge in [-0.15, -0.1) is 35.3 Å². The quantitative estimate of drug-likeness (QED) is 0.250. The molecule has 3 aromatic rings. The minimum atomic E-state index is -4.35. The smallest absolute Gasteiger partial charge is 0.422 e. The number of thiophene rings is 1. The maximum absolute atomic E-state index is 12.2. The van der Waals surface area contributed by atoms with E-state index in [1.807, 2.05) is 17.5 Å². The van der Waals surface area contributed by atoms with Crippen molar-refractivity contribution in [2.45, 2.75) is 19.3 Å². The molecule has 0 aliphatic rings. The van der Waals surface area contributed by atoms with Crippen LogP contribution in [-0.2, 0) is 13.1 Å². The van der Waals surface area contributed by atoms with Crippen molar-refractivity contribution in [3.05, 3.63) is 59.3 Å². The summed E-state index contributed by atoms with van der Waals surface area (Å²) in [5.41, 5.74) is 1.61. The summed E-state index contributed by atoms with van der Waals surface area (Å²) in [7, 11) is 1.64. The van der Waals surface area contributed by atoms with Crippen LogP contribution in [0.3, 0.4) is 0 Å². The predicted molar refractivity (Wildman–Crippen MR) is 120 cm³/mol. The van der Waals surface area contributed by atoms with Gasteiger partial charge in [-0.3, -0.25) is 4.99 Å². The van der Waals surface area contributed by atoms with E-state index in [1.54, 1.807) is 36.8 Å². The Morgan fingerprint density at radius 1 is 1.17 bits per heavy atom. The molecule has 0 atom stereocenters. The Kier molecular flexibility index (Phi) is 8.96. The van der Waals surface area contributed by atoms with Crippen molar-refractivity contribution in [1.82, 2.24) is 15.6 Å². The standard InChI is InChI=1S/C19H19F3N4O2S.HI/c1-23-18(25-10-14-11-27-17(26-14)16-3-2-8-29-16)24-9-13-4-6-15(7-5-13)28-12-19(20,21)22;/h2-8,11H,9-10,12H2,1H3,(H2,23,24,25);1H. The van der Waals surface area contributed by atoms with Crippen molar-refractivity contribution in [3.63, 3.8) is 0 Å². The number of aliphatic imine (C=N–C) groups is 1. The van der Waals surface area contributed by atoms with E-state index in [1.165, 1.54) is 12.1 Å². The molecule has 6 nitrogen and oxygen atoms in total. The van der Waals surface area contributed by atoms with Crippen LogP contribution < -0.4 is 15.4 Å². The fourth-order valence-corrected chi connectivity index (χ4v) is 3.01. The molecule has 0 saturated heterocycles. The van der Waals surface area contributed by atoms with E-state index in [2.05, 4.69) is 20.6 Å². The largest absolute Gasteiger partial charge is 0.484 e. The van der Waals surface area contributed by atoms with Crippen molar-refractivity contribution < 1.29 is 22.3 Å². The van der Waals surface area contributed by atoms with Crippen LogP contribution in [0.2, 0.25) is 0 Å². The predicted octanol–water partition coefficient (Wildman–Crippen LogP) is 4.83. The number of alkyl halides is 3. The van der Waals surface area contributed by atoms with Gasteiger partial charge in [0.25, 0.3) is 0 Å². The summed E-state index contributed by atoms with van der Waals surface area (Å²) in [5, 5.41) is 8.22. The summed E-state index contributed by atoms with van der Waals surface area (Å²) in [4.78, 5) is 9.52. The topological polar surface area (TPSA) is 71.7 Å². The Morgan fingerprint density at radius 2 is 1.90 bits per heavy atom. The van der Waals surface area contributed by atoms with Gasteiger partial charge in [0.2, 0.25) is 5.89 Å². The van der Waals surface area contributed by atoms with Gasteiger partial charge in [-0.05, 0) is 29.1 Å². The number of ether oxygens (including phenoxy) is 1. The average Bonchev–Trinajstić information content (AvgIpc) is 3.38. The van der Waals surface area contributed by atoms with Crippen molar-refractivity contribution in [2.75, 3.05) is 13.7 Å². The third-order valence-corrected chi connectivity index (χ3v) is 4.59. The Labute approximate surface area is 192 Å². The Balaban J connectivity index is 0.00000320. The lowest BCUT2D eigenvalue weighted by atomic mass is 10.2. The minimum absolute atomic E-state index is 0. The second kappa shape index (κ2) is 11.2. The monoisotopic (exact) mass is 552 g/mol. The van der Waals surface area contributed by atoms with Gasteiger partial charge in [0, 0.05) is 13.6 Å². The number of halogens is 4. The Hall–Kier alpha value is -2.28. The third-order valence-electron chi connectivity index (χ3n) is 3.73. The van der Waals surface area contributed by atoms with Crippen LogP contribution in [-0.4, -0.2) is 30.8 Å². The summed E-state index contributed by atoms with van der Waals surface area (Å²) >= 11 is 1.55. The SMILES string of the molecule is CN=C(NCc1ccc(OCC(F)(F)F)cc1)NCc1coc(-c2cccs2)n1.I. The van der Waals surface area contributed by atoms with Gasteiger partial charge in [-0.25, -0.2) is 4.98 Å². The zero-order valence-corrected chi connectivity index (χ0v) is 19.0. The first-order chi connectivity index (χ1) is 13.9. The van der Waals surface area contributed by atoms with Gasteiger partial charge in [-0.1, -0.05) is 18.2 Å². The van der Waals surface area contributed by atoms with Gasteiger partial charge >= 0.3 is 6.18 Å². The summed E-state index contributed by atoms with van der Waals surface area (Å²) in [6.45, 7) is -0.436. The van der Waals surface area contributed by atoms with Crippen LogP contribution in [0, 0.1) is 0 Å². The molecule has 2 heterocycles. The summed E-state index contributed by atoms with van der Waals surface area (Å²) < 4.78 is 46.7. The fraction of sp³-hybridized carbons (Fsp3) is 0.263. The Morgan fingerprint density at radius 3 is 2.53 bits per heavy atom. The zero-order chi connectivity index (χ0) is 20.7. The number of benzene rings is 1. The molecule has 0 amide bonds. The highest BCUT2D eigenvalue weighted by Crippen LogP contribution is 2.23. The molecule has 2 aromatic heterocycles. The zero-order valence-electron chi connectivity index (χ0n) is 15.9. The van der Waals surface area contributed by atoms with Crippen molar-refractivity contribution in [1.29, 1.82) is 0 Å². The molecule has 0 aliphatic carbocycles. The fourth-order valence-electron chi connectivity index (χ4n) is 2.35. The van der Waals surface area contributed by atoms with Crippen LogP contribution in [0.1, 0.15) is 11.3 Å². The summed E-state index contributed by atoms with van der Waals surface area (Å²) in [6, 6.07) is 10.3. The van der Waals surface area contributed by atoms with Crippen LogP contribution >= 0.6 is 35.3 Å². The van der Waals surface area contributed by atoms with E-state index in [0.29, 0.717) is 24.9 Å².